The number of aryl methyl sites for hydroxylation is 1. The number of pyridine rings is 1. The van der Waals surface area contributed by atoms with Gasteiger partial charge in [0.25, 0.3) is 5.69 Å². The zero-order valence-corrected chi connectivity index (χ0v) is 23.2. The number of hydrogen-bond acceptors (Lipinski definition) is 6. The first kappa shape index (κ1) is 30.7. The van der Waals surface area contributed by atoms with Crippen LogP contribution in [0.4, 0.5) is 24.5 Å². The zero-order chi connectivity index (χ0) is 28.4. The molecule has 1 aliphatic rings. The lowest BCUT2D eigenvalue weighted by molar-refractivity contribution is -0.388. The third-order valence-corrected chi connectivity index (χ3v) is 7.48. The molecule has 39 heavy (non-hydrogen) atoms. The lowest BCUT2D eigenvalue weighted by Gasteiger charge is -2.30. The van der Waals surface area contributed by atoms with Crippen LogP contribution in [0.3, 0.4) is 0 Å². The zero-order valence-electron chi connectivity index (χ0n) is 23.2. The molecule has 1 fully saturated rings. The Labute approximate surface area is 229 Å². The number of ether oxygens (including phenoxy) is 1. The number of benzene rings is 1. The lowest BCUT2D eigenvalue weighted by atomic mass is 9.92. The van der Waals surface area contributed by atoms with Crippen LogP contribution in [0, 0.1) is 16.0 Å². The van der Waals surface area contributed by atoms with Gasteiger partial charge in [-0.15, -0.1) is 0 Å². The summed E-state index contributed by atoms with van der Waals surface area (Å²) in [5, 5.41) is 14.1. The van der Waals surface area contributed by atoms with Crippen LogP contribution >= 0.6 is 0 Å². The molecule has 1 unspecified atom stereocenters. The van der Waals surface area contributed by atoms with Gasteiger partial charge in [0.1, 0.15) is 11.7 Å². The number of aromatic nitrogens is 1. The second-order valence-electron chi connectivity index (χ2n) is 10.6. The number of nitrogens with zero attached hydrogens (tertiary/aromatic N) is 3. The fourth-order valence-electron chi connectivity index (χ4n) is 5.12. The van der Waals surface area contributed by atoms with Crippen LogP contribution < -0.4 is 10.1 Å². The van der Waals surface area contributed by atoms with Gasteiger partial charge in [0.15, 0.2) is 0 Å². The van der Waals surface area contributed by atoms with Crippen LogP contribution in [0.15, 0.2) is 36.5 Å². The third-order valence-electron chi connectivity index (χ3n) is 7.48. The number of halogens is 3. The van der Waals surface area contributed by atoms with E-state index >= 15 is 0 Å². The fraction of sp³-hybridized carbons (Fsp3) is 0.621. The van der Waals surface area contributed by atoms with Gasteiger partial charge in [0.05, 0.1) is 4.92 Å². The van der Waals surface area contributed by atoms with Crippen molar-refractivity contribution >= 4 is 11.4 Å². The summed E-state index contributed by atoms with van der Waals surface area (Å²) in [6.45, 7) is 10.1. The molecule has 1 aromatic carbocycles. The van der Waals surface area contributed by atoms with Crippen molar-refractivity contribution in [1.82, 2.24) is 9.88 Å². The van der Waals surface area contributed by atoms with Crippen molar-refractivity contribution in [3.05, 3.63) is 57.8 Å². The average molecular weight is 551 g/mol. The van der Waals surface area contributed by atoms with E-state index in [0.717, 1.165) is 57.5 Å². The molecule has 3 rings (SSSR count). The van der Waals surface area contributed by atoms with Gasteiger partial charge in [-0.1, -0.05) is 20.8 Å². The van der Waals surface area contributed by atoms with Crippen molar-refractivity contribution in [3.63, 3.8) is 0 Å². The summed E-state index contributed by atoms with van der Waals surface area (Å²) in [4.78, 5) is 16.9. The molecule has 7 nitrogen and oxygen atoms in total. The Morgan fingerprint density at radius 2 is 1.87 bits per heavy atom. The minimum Gasteiger partial charge on any atom is -0.474 e. The van der Waals surface area contributed by atoms with Gasteiger partial charge in [0.2, 0.25) is 5.88 Å². The standard InChI is InChI=1S/C29H41F3N4O3/c1-4-17-35(5-2)18-15-21(3)6-7-22-14-16-33-28(19-22)39-25-11-8-23(9-12-25)34-24-10-13-27(36(37)38)26(20-24)29(30,31)32/h10,13-14,16,19-21,23,25,34H,4-9,11-12,15,17-18H2,1-3H3. The summed E-state index contributed by atoms with van der Waals surface area (Å²) in [6.07, 6.45) is 4.36. The molecule has 0 aliphatic heterocycles. The van der Waals surface area contributed by atoms with E-state index in [1.807, 2.05) is 12.1 Å². The van der Waals surface area contributed by atoms with Crippen molar-refractivity contribution < 1.29 is 22.8 Å². The number of rotatable bonds is 14. The molecule has 1 saturated carbocycles. The second kappa shape index (κ2) is 14.5. The number of nitro benzene ring substituents is 1. The summed E-state index contributed by atoms with van der Waals surface area (Å²) in [7, 11) is 0. The highest BCUT2D eigenvalue weighted by molar-refractivity contribution is 5.55. The molecule has 0 bridgehead atoms. The van der Waals surface area contributed by atoms with Crippen molar-refractivity contribution in [2.75, 3.05) is 25.0 Å². The molecule has 2 aromatic rings. The Kier molecular flexibility index (Phi) is 11.4. The second-order valence-corrected chi connectivity index (χ2v) is 10.6. The van der Waals surface area contributed by atoms with Gasteiger partial charge in [-0.3, -0.25) is 10.1 Å². The molecule has 1 heterocycles. The van der Waals surface area contributed by atoms with Crippen LogP contribution in [0.5, 0.6) is 5.88 Å². The van der Waals surface area contributed by atoms with E-state index in [4.69, 9.17) is 4.74 Å². The lowest BCUT2D eigenvalue weighted by Crippen LogP contribution is -2.31. The molecule has 10 heteroatoms. The smallest absolute Gasteiger partial charge is 0.423 e. The predicted octanol–water partition coefficient (Wildman–Crippen LogP) is 7.50. The Bertz CT molecular complexity index is 1060. The molecule has 0 saturated heterocycles. The average Bonchev–Trinajstić information content (AvgIpc) is 2.90. The first-order chi connectivity index (χ1) is 18.6. The van der Waals surface area contributed by atoms with Gasteiger partial charge in [-0.05, 0) is 101 Å². The number of nitrogens with one attached hydrogen (secondary N) is 1. The molecule has 1 atom stereocenters. The molecule has 1 aromatic heterocycles. The summed E-state index contributed by atoms with van der Waals surface area (Å²) < 4.78 is 46.0. The number of hydrogen-bond donors (Lipinski definition) is 1. The van der Waals surface area contributed by atoms with E-state index in [9.17, 15) is 23.3 Å². The SMILES string of the molecule is CCCN(CC)CCC(C)CCc1ccnc(OC2CCC(Nc3ccc([N+](=O)[O-])c(C(F)(F)F)c3)CC2)c1. The van der Waals surface area contributed by atoms with E-state index in [1.54, 1.807) is 6.20 Å². The van der Waals surface area contributed by atoms with E-state index in [-0.39, 0.29) is 17.8 Å². The third kappa shape index (κ3) is 9.67. The maximum atomic E-state index is 13.3. The highest BCUT2D eigenvalue weighted by Gasteiger charge is 2.38. The van der Waals surface area contributed by atoms with Crippen LogP contribution in [0.2, 0.25) is 0 Å². The monoisotopic (exact) mass is 550 g/mol. The Hall–Kier alpha value is -2.88. The van der Waals surface area contributed by atoms with Crippen molar-refractivity contribution in [2.45, 2.75) is 90.5 Å². The fourth-order valence-corrected chi connectivity index (χ4v) is 5.12. The molecule has 1 aliphatic carbocycles. The van der Waals surface area contributed by atoms with E-state index in [0.29, 0.717) is 24.6 Å². The maximum absolute atomic E-state index is 13.3. The number of nitro groups is 1. The summed E-state index contributed by atoms with van der Waals surface area (Å²) in [5.74, 6) is 1.25. The van der Waals surface area contributed by atoms with Crippen LogP contribution in [-0.4, -0.2) is 46.6 Å². The van der Waals surface area contributed by atoms with Gasteiger partial charge in [-0.2, -0.15) is 13.2 Å². The largest absolute Gasteiger partial charge is 0.474 e. The Morgan fingerprint density at radius 3 is 2.51 bits per heavy atom. The molecule has 216 valence electrons. The maximum Gasteiger partial charge on any atom is 0.423 e. The van der Waals surface area contributed by atoms with Gasteiger partial charge >= 0.3 is 6.18 Å². The minimum absolute atomic E-state index is 0.00841. The first-order valence-electron chi connectivity index (χ1n) is 14.0. The van der Waals surface area contributed by atoms with Crippen LogP contribution in [-0.2, 0) is 12.6 Å². The molecule has 0 spiro atoms. The normalized spacial score (nSPS) is 18.6. The highest BCUT2D eigenvalue weighted by atomic mass is 19.4. The molecule has 0 amide bonds. The van der Waals surface area contributed by atoms with E-state index < -0.39 is 22.4 Å². The number of alkyl halides is 3. The molecule has 1 N–H and O–H groups in total. The van der Waals surface area contributed by atoms with Crippen LogP contribution in [0.1, 0.15) is 76.8 Å². The topological polar surface area (TPSA) is 80.5 Å². The first-order valence-corrected chi connectivity index (χ1v) is 14.0. The highest BCUT2D eigenvalue weighted by Crippen LogP contribution is 2.38. The van der Waals surface area contributed by atoms with Crippen molar-refractivity contribution in [2.24, 2.45) is 5.92 Å². The molecular weight excluding hydrogens is 509 g/mol. The van der Waals surface area contributed by atoms with Crippen LogP contribution in [0.25, 0.3) is 0 Å². The summed E-state index contributed by atoms with van der Waals surface area (Å²) in [6, 6.07) is 7.08. The van der Waals surface area contributed by atoms with Crippen molar-refractivity contribution in [3.8, 4) is 5.88 Å². The van der Waals surface area contributed by atoms with Gasteiger partial charge in [-0.25, -0.2) is 4.98 Å². The minimum atomic E-state index is -4.80. The quantitative estimate of drug-likeness (QED) is 0.194. The summed E-state index contributed by atoms with van der Waals surface area (Å²) >= 11 is 0. The number of anilines is 1. The van der Waals surface area contributed by atoms with E-state index in [1.165, 1.54) is 24.5 Å². The Morgan fingerprint density at radius 1 is 1.13 bits per heavy atom. The van der Waals surface area contributed by atoms with Gasteiger partial charge in [0, 0.05) is 30.1 Å². The molecule has 0 radical (unpaired) electrons. The molecular formula is C29H41F3N4O3. The Balaban J connectivity index is 1.46. The van der Waals surface area contributed by atoms with E-state index in [2.05, 4.69) is 36.0 Å². The van der Waals surface area contributed by atoms with Gasteiger partial charge < -0.3 is 15.0 Å². The van der Waals surface area contributed by atoms with Crippen molar-refractivity contribution in [1.29, 1.82) is 0 Å². The predicted molar refractivity (Wildman–Crippen MR) is 147 cm³/mol. The summed E-state index contributed by atoms with van der Waals surface area (Å²) in [5.41, 5.74) is -0.742.